The molecule has 3 aliphatic rings. The topological polar surface area (TPSA) is 127 Å². The molecular weight excluding hydrogens is 388 g/mol. The van der Waals surface area contributed by atoms with Gasteiger partial charge in [0.25, 0.3) is 0 Å². The standard InChI is InChI=1S/C23H30O7/c1-11-5-14(25)7-15(26)17(11)20(28)30-16-9-22(4)18-12(8-21(2,3)19(18)27)6-13(10-24)23(16,22)29/h5-7,12,16,18-19,24-27,29H,8-10H2,1-4H3/t12-,16-,18-,19-,22-,23-/m1/s1. The Hall–Kier alpha value is -2.09. The van der Waals surface area contributed by atoms with Gasteiger partial charge in [-0.05, 0) is 48.3 Å². The van der Waals surface area contributed by atoms with Gasteiger partial charge in [-0.1, -0.05) is 26.8 Å². The first-order valence-electron chi connectivity index (χ1n) is 10.3. The van der Waals surface area contributed by atoms with Gasteiger partial charge in [-0.3, -0.25) is 0 Å². The lowest BCUT2D eigenvalue weighted by molar-refractivity contribution is -0.260. The third kappa shape index (κ3) is 2.58. The van der Waals surface area contributed by atoms with E-state index in [1.54, 1.807) is 6.92 Å². The van der Waals surface area contributed by atoms with Crippen molar-refractivity contribution >= 4 is 5.97 Å². The van der Waals surface area contributed by atoms with E-state index in [9.17, 15) is 30.3 Å². The summed E-state index contributed by atoms with van der Waals surface area (Å²) < 4.78 is 5.62. The number of aliphatic hydroxyl groups is 3. The molecule has 0 radical (unpaired) electrons. The van der Waals surface area contributed by atoms with Crippen molar-refractivity contribution in [2.75, 3.05) is 6.61 Å². The van der Waals surface area contributed by atoms with Gasteiger partial charge in [0.15, 0.2) is 0 Å². The van der Waals surface area contributed by atoms with Gasteiger partial charge in [0.1, 0.15) is 28.8 Å². The van der Waals surface area contributed by atoms with Gasteiger partial charge in [-0.25, -0.2) is 4.79 Å². The second-order valence-electron chi connectivity index (χ2n) is 10.1. The third-order valence-corrected chi connectivity index (χ3v) is 7.87. The molecule has 30 heavy (non-hydrogen) atoms. The summed E-state index contributed by atoms with van der Waals surface area (Å²) in [5.74, 6) is -1.56. The molecule has 0 unspecified atom stereocenters. The van der Waals surface area contributed by atoms with Crippen LogP contribution >= 0.6 is 0 Å². The van der Waals surface area contributed by atoms with E-state index in [-0.39, 0.29) is 35.2 Å². The van der Waals surface area contributed by atoms with Gasteiger partial charge in [-0.15, -0.1) is 0 Å². The van der Waals surface area contributed by atoms with Gasteiger partial charge in [0.05, 0.1) is 12.7 Å². The molecule has 4 rings (SSSR count). The molecule has 2 fully saturated rings. The van der Waals surface area contributed by atoms with E-state index in [4.69, 9.17) is 4.74 Å². The Morgan fingerprint density at radius 3 is 2.47 bits per heavy atom. The molecule has 1 aromatic rings. The number of phenolic OH excluding ortho intramolecular Hbond substituents is 2. The van der Waals surface area contributed by atoms with Crippen LogP contribution in [0.3, 0.4) is 0 Å². The first-order chi connectivity index (χ1) is 13.9. The SMILES string of the molecule is Cc1cc(O)cc(O)c1C(=O)O[C@@H]1C[C@]2(C)[C@@H]3[C@H](C=C(CO)[C@@]12O)CC(C)(C)[C@@H]3O. The highest BCUT2D eigenvalue weighted by Gasteiger charge is 2.74. The number of phenols is 2. The van der Waals surface area contributed by atoms with Crippen LogP contribution in [0, 0.1) is 29.6 Å². The highest BCUT2D eigenvalue weighted by Crippen LogP contribution is 2.68. The minimum Gasteiger partial charge on any atom is -0.508 e. The molecule has 0 aromatic heterocycles. The van der Waals surface area contributed by atoms with Crippen LogP contribution < -0.4 is 0 Å². The fourth-order valence-corrected chi connectivity index (χ4v) is 6.34. The lowest BCUT2D eigenvalue weighted by Gasteiger charge is -2.65. The van der Waals surface area contributed by atoms with Crippen molar-refractivity contribution in [2.45, 2.75) is 58.3 Å². The summed E-state index contributed by atoms with van der Waals surface area (Å²) in [5.41, 5.74) is -1.99. The van der Waals surface area contributed by atoms with Crippen molar-refractivity contribution in [3.63, 3.8) is 0 Å². The van der Waals surface area contributed by atoms with Crippen LogP contribution in [0.1, 0.15) is 49.5 Å². The first-order valence-corrected chi connectivity index (χ1v) is 10.3. The summed E-state index contributed by atoms with van der Waals surface area (Å²) >= 11 is 0. The maximum Gasteiger partial charge on any atom is 0.342 e. The van der Waals surface area contributed by atoms with Crippen molar-refractivity contribution in [1.82, 2.24) is 0 Å². The largest absolute Gasteiger partial charge is 0.508 e. The number of benzene rings is 1. The molecular formula is C23H30O7. The summed E-state index contributed by atoms with van der Waals surface area (Å²) in [6.07, 6.45) is 1.37. The van der Waals surface area contributed by atoms with Crippen LogP contribution in [-0.2, 0) is 4.74 Å². The summed E-state index contributed by atoms with van der Waals surface area (Å²) in [7, 11) is 0. The number of rotatable bonds is 3. The van der Waals surface area contributed by atoms with E-state index in [1.807, 2.05) is 26.8 Å². The van der Waals surface area contributed by atoms with Gasteiger partial charge < -0.3 is 30.3 Å². The molecule has 0 heterocycles. The zero-order chi connectivity index (χ0) is 22.2. The van der Waals surface area contributed by atoms with Crippen molar-refractivity contribution in [3.05, 3.63) is 34.9 Å². The Morgan fingerprint density at radius 1 is 1.20 bits per heavy atom. The number of carbonyl (C=O) groups is 1. The van der Waals surface area contributed by atoms with Crippen LogP contribution in [0.4, 0.5) is 0 Å². The van der Waals surface area contributed by atoms with Gasteiger partial charge >= 0.3 is 5.97 Å². The maximum atomic E-state index is 12.8. The normalized spacial score (nSPS) is 38.8. The number of carbonyl (C=O) groups excluding carboxylic acids is 1. The predicted molar refractivity (Wildman–Crippen MR) is 108 cm³/mol. The molecule has 0 amide bonds. The van der Waals surface area contributed by atoms with Crippen LogP contribution in [0.25, 0.3) is 0 Å². The van der Waals surface area contributed by atoms with Crippen LogP contribution in [0.2, 0.25) is 0 Å². The molecule has 2 saturated carbocycles. The number of hydrogen-bond acceptors (Lipinski definition) is 7. The van der Waals surface area contributed by atoms with Crippen LogP contribution in [-0.4, -0.2) is 55.9 Å². The van der Waals surface area contributed by atoms with E-state index in [0.29, 0.717) is 17.6 Å². The van der Waals surface area contributed by atoms with Gasteiger partial charge in [0, 0.05) is 17.4 Å². The molecule has 3 aliphatic carbocycles. The zero-order valence-electron chi connectivity index (χ0n) is 17.7. The summed E-state index contributed by atoms with van der Waals surface area (Å²) in [6.45, 7) is 7.07. The average Bonchev–Trinajstić information content (AvgIpc) is 2.86. The van der Waals surface area contributed by atoms with Crippen LogP contribution in [0.15, 0.2) is 23.8 Å². The maximum absolute atomic E-state index is 12.8. The Bertz CT molecular complexity index is 912. The molecule has 5 N–H and O–H groups in total. The lowest BCUT2D eigenvalue weighted by atomic mass is 9.43. The quantitative estimate of drug-likeness (QED) is 0.375. The fraction of sp³-hybridized carbons (Fsp3) is 0.609. The van der Waals surface area contributed by atoms with Crippen molar-refractivity contribution in [1.29, 1.82) is 0 Å². The number of allylic oxidation sites excluding steroid dienone is 1. The Morgan fingerprint density at radius 2 is 1.87 bits per heavy atom. The minimum absolute atomic E-state index is 0.0301. The number of fused-ring (bicyclic) bond motifs is 3. The van der Waals surface area contributed by atoms with Crippen molar-refractivity contribution < 1.29 is 35.1 Å². The number of esters is 1. The monoisotopic (exact) mass is 418 g/mol. The van der Waals surface area contributed by atoms with E-state index in [2.05, 4.69) is 0 Å². The molecule has 0 aliphatic heterocycles. The van der Waals surface area contributed by atoms with Gasteiger partial charge in [-0.2, -0.15) is 0 Å². The molecule has 0 saturated heterocycles. The molecule has 7 nitrogen and oxygen atoms in total. The van der Waals surface area contributed by atoms with Crippen LogP contribution in [0.5, 0.6) is 11.5 Å². The predicted octanol–water partition coefficient (Wildman–Crippen LogP) is 2.03. The second kappa shape index (κ2) is 6.45. The highest BCUT2D eigenvalue weighted by molar-refractivity contribution is 5.94. The molecule has 0 spiro atoms. The third-order valence-electron chi connectivity index (χ3n) is 7.87. The van der Waals surface area contributed by atoms with Gasteiger partial charge in [0.2, 0.25) is 0 Å². The average molecular weight is 418 g/mol. The minimum atomic E-state index is -1.60. The highest BCUT2D eigenvalue weighted by atomic mass is 16.6. The van der Waals surface area contributed by atoms with E-state index in [0.717, 1.165) is 12.5 Å². The first kappa shape index (κ1) is 21.2. The number of hydrogen-bond donors (Lipinski definition) is 5. The molecule has 0 bridgehead atoms. The smallest absolute Gasteiger partial charge is 0.342 e. The van der Waals surface area contributed by atoms with E-state index < -0.39 is 34.9 Å². The zero-order valence-corrected chi connectivity index (χ0v) is 17.7. The van der Waals surface area contributed by atoms with E-state index >= 15 is 0 Å². The number of aromatic hydroxyl groups is 2. The molecule has 6 atom stereocenters. The number of ether oxygens (including phenoxy) is 1. The summed E-state index contributed by atoms with van der Waals surface area (Å²) in [5, 5.41) is 52.4. The Labute approximate surface area is 175 Å². The lowest BCUT2D eigenvalue weighted by Crippen LogP contribution is -2.74. The fourth-order valence-electron chi connectivity index (χ4n) is 6.34. The Balaban J connectivity index is 1.67. The summed E-state index contributed by atoms with van der Waals surface area (Å²) in [6, 6.07) is 2.40. The molecule has 164 valence electrons. The van der Waals surface area contributed by atoms with Crippen molar-refractivity contribution in [3.8, 4) is 11.5 Å². The summed E-state index contributed by atoms with van der Waals surface area (Å²) in [4.78, 5) is 12.8. The number of aliphatic hydroxyl groups excluding tert-OH is 2. The molecule has 1 aromatic carbocycles. The molecule has 7 heteroatoms. The Kier molecular flexibility index (Phi) is 4.55. The van der Waals surface area contributed by atoms with Crippen molar-refractivity contribution in [2.24, 2.45) is 22.7 Å². The second-order valence-corrected chi connectivity index (χ2v) is 10.1. The number of aryl methyl sites for hydroxylation is 1. The van der Waals surface area contributed by atoms with E-state index in [1.165, 1.54) is 6.07 Å².